The average Bonchev–Trinajstić information content (AvgIpc) is 2.76. The fourth-order valence-corrected chi connectivity index (χ4v) is 2.54. The lowest BCUT2D eigenvalue weighted by Crippen LogP contribution is -2.17. The summed E-state index contributed by atoms with van der Waals surface area (Å²) in [6.45, 7) is 4.26. The van der Waals surface area contributed by atoms with E-state index in [2.05, 4.69) is 20.6 Å². The molecular weight excluding hydrogens is 264 g/mol. The highest BCUT2D eigenvalue weighted by molar-refractivity contribution is 7.18. The van der Waals surface area contributed by atoms with Crippen LogP contribution >= 0.6 is 11.3 Å². The Balaban J connectivity index is 2.27. The Morgan fingerprint density at radius 2 is 2.26 bits per heavy atom. The van der Waals surface area contributed by atoms with E-state index in [1.54, 1.807) is 25.3 Å². The van der Waals surface area contributed by atoms with Gasteiger partial charge >= 0.3 is 5.97 Å². The molecule has 0 fully saturated rings. The number of anilines is 2. The Morgan fingerprint density at radius 1 is 1.47 bits per heavy atom. The number of nitrogens with one attached hydrogen (secondary N) is 2. The number of aromatic nitrogens is 2. The van der Waals surface area contributed by atoms with Crippen LogP contribution in [-0.4, -0.2) is 36.1 Å². The van der Waals surface area contributed by atoms with Crippen LogP contribution in [0.2, 0.25) is 0 Å². The molecule has 2 aromatic heterocycles. The average molecular weight is 280 g/mol. The van der Waals surface area contributed by atoms with Gasteiger partial charge in [0, 0.05) is 11.9 Å². The second-order valence-corrected chi connectivity index (χ2v) is 5.12. The molecule has 0 unspecified atom stereocenters. The summed E-state index contributed by atoms with van der Waals surface area (Å²) in [5.74, 6) is 0.875. The number of carbonyl (C=O) groups is 1. The van der Waals surface area contributed by atoms with Crippen LogP contribution in [0, 0.1) is 6.92 Å². The van der Waals surface area contributed by atoms with E-state index in [0.29, 0.717) is 18.4 Å². The molecule has 2 aromatic rings. The summed E-state index contributed by atoms with van der Waals surface area (Å²) in [4.78, 5) is 22.1. The maximum absolute atomic E-state index is 11.4. The normalized spacial score (nSPS) is 10.5. The number of hydrogen-bond donors (Lipinski definition) is 2. The number of rotatable bonds is 5. The van der Waals surface area contributed by atoms with E-state index in [9.17, 15) is 4.79 Å². The van der Waals surface area contributed by atoms with Crippen molar-refractivity contribution in [3.63, 3.8) is 0 Å². The number of nitrogens with zero attached hydrogens (tertiary/aromatic N) is 2. The van der Waals surface area contributed by atoms with Crippen LogP contribution < -0.4 is 10.6 Å². The summed E-state index contributed by atoms with van der Waals surface area (Å²) >= 11 is 1.59. The van der Waals surface area contributed by atoms with Gasteiger partial charge in [0.1, 0.15) is 17.2 Å². The smallest absolute Gasteiger partial charge is 0.325 e. The first-order valence-electron chi connectivity index (χ1n) is 5.99. The van der Waals surface area contributed by atoms with Gasteiger partial charge in [-0.2, -0.15) is 4.98 Å². The van der Waals surface area contributed by atoms with E-state index in [1.807, 2.05) is 13.0 Å². The van der Waals surface area contributed by atoms with E-state index in [0.717, 1.165) is 15.1 Å². The Labute approximate surface area is 115 Å². The van der Waals surface area contributed by atoms with Gasteiger partial charge in [-0.05, 0) is 19.9 Å². The van der Waals surface area contributed by atoms with Gasteiger partial charge in [-0.1, -0.05) is 0 Å². The first kappa shape index (κ1) is 13.5. The highest BCUT2D eigenvalue weighted by Crippen LogP contribution is 2.29. The first-order chi connectivity index (χ1) is 9.13. The standard InChI is InChI=1S/C12H16N4O2S/c1-4-18-9(17)6-14-10-8-5-7(2)19-11(8)16-12(13-3)15-10/h5H,4,6H2,1-3H3,(H2,13,14,15,16). The number of esters is 1. The minimum Gasteiger partial charge on any atom is -0.465 e. The fraction of sp³-hybridized carbons (Fsp3) is 0.417. The predicted molar refractivity (Wildman–Crippen MR) is 76.8 cm³/mol. The summed E-state index contributed by atoms with van der Waals surface area (Å²) in [5, 5.41) is 6.83. The molecule has 0 saturated carbocycles. The van der Waals surface area contributed by atoms with Crippen LogP contribution in [0.4, 0.5) is 11.8 Å². The number of thiophene rings is 1. The molecule has 6 nitrogen and oxygen atoms in total. The van der Waals surface area contributed by atoms with Crippen molar-refractivity contribution in [2.24, 2.45) is 0 Å². The Kier molecular flexibility index (Phi) is 4.16. The molecular formula is C12H16N4O2S. The molecule has 0 amide bonds. The van der Waals surface area contributed by atoms with Crippen LogP contribution in [0.5, 0.6) is 0 Å². The van der Waals surface area contributed by atoms with Crippen LogP contribution in [0.3, 0.4) is 0 Å². The highest BCUT2D eigenvalue weighted by Gasteiger charge is 2.11. The van der Waals surface area contributed by atoms with Crippen LogP contribution in [-0.2, 0) is 9.53 Å². The second kappa shape index (κ2) is 5.83. The van der Waals surface area contributed by atoms with E-state index in [4.69, 9.17) is 4.74 Å². The number of ether oxygens (including phenoxy) is 1. The van der Waals surface area contributed by atoms with E-state index < -0.39 is 0 Å². The summed E-state index contributed by atoms with van der Waals surface area (Å²) in [7, 11) is 1.76. The van der Waals surface area contributed by atoms with Gasteiger partial charge < -0.3 is 15.4 Å². The lowest BCUT2D eigenvalue weighted by atomic mass is 10.3. The molecule has 0 spiro atoms. The lowest BCUT2D eigenvalue weighted by Gasteiger charge is -2.08. The minimum atomic E-state index is -0.299. The van der Waals surface area contributed by atoms with E-state index in [-0.39, 0.29) is 12.5 Å². The molecule has 7 heteroatoms. The maximum atomic E-state index is 11.4. The number of hydrogen-bond acceptors (Lipinski definition) is 7. The van der Waals surface area contributed by atoms with Gasteiger partial charge in [-0.25, -0.2) is 4.98 Å². The summed E-state index contributed by atoms with van der Waals surface area (Å²) in [5.41, 5.74) is 0. The molecule has 0 aliphatic carbocycles. The van der Waals surface area contributed by atoms with Crippen molar-refractivity contribution < 1.29 is 9.53 Å². The van der Waals surface area contributed by atoms with E-state index in [1.165, 1.54) is 0 Å². The van der Waals surface area contributed by atoms with Crippen LogP contribution in [0.15, 0.2) is 6.07 Å². The molecule has 0 aliphatic heterocycles. The SMILES string of the molecule is CCOC(=O)CNc1nc(NC)nc2sc(C)cc12. The van der Waals surface area contributed by atoms with Crippen LogP contribution in [0.1, 0.15) is 11.8 Å². The van der Waals surface area contributed by atoms with Crippen molar-refractivity contribution in [3.8, 4) is 0 Å². The summed E-state index contributed by atoms with van der Waals surface area (Å²) in [6.07, 6.45) is 0. The monoisotopic (exact) mass is 280 g/mol. The molecule has 2 N–H and O–H groups in total. The number of fused-ring (bicyclic) bond motifs is 1. The van der Waals surface area contributed by atoms with Crippen molar-refractivity contribution in [2.75, 3.05) is 30.8 Å². The zero-order valence-electron chi connectivity index (χ0n) is 11.1. The van der Waals surface area contributed by atoms with E-state index >= 15 is 0 Å². The molecule has 0 bridgehead atoms. The molecule has 19 heavy (non-hydrogen) atoms. The quantitative estimate of drug-likeness (QED) is 0.816. The first-order valence-corrected chi connectivity index (χ1v) is 6.81. The summed E-state index contributed by atoms with van der Waals surface area (Å²) in [6, 6.07) is 2.01. The third-order valence-electron chi connectivity index (χ3n) is 2.45. The zero-order chi connectivity index (χ0) is 13.8. The van der Waals surface area contributed by atoms with Crippen LogP contribution in [0.25, 0.3) is 10.2 Å². The van der Waals surface area contributed by atoms with Gasteiger partial charge in [0.15, 0.2) is 0 Å². The molecule has 0 atom stereocenters. The van der Waals surface area contributed by atoms with Crippen molar-refractivity contribution in [1.82, 2.24) is 9.97 Å². The molecule has 2 rings (SSSR count). The minimum absolute atomic E-state index is 0.0952. The Hall–Kier alpha value is -1.89. The molecule has 0 radical (unpaired) electrons. The largest absolute Gasteiger partial charge is 0.465 e. The van der Waals surface area contributed by atoms with Crippen molar-refractivity contribution in [3.05, 3.63) is 10.9 Å². The number of aryl methyl sites for hydroxylation is 1. The molecule has 0 saturated heterocycles. The highest BCUT2D eigenvalue weighted by atomic mass is 32.1. The summed E-state index contributed by atoms with van der Waals surface area (Å²) < 4.78 is 4.88. The Morgan fingerprint density at radius 3 is 2.95 bits per heavy atom. The maximum Gasteiger partial charge on any atom is 0.325 e. The third-order valence-corrected chi connectivity index (χ3v) is 3.39. The molecule has 2 heterocycles. The fourth-order valence-electron chi connectivity index (χ4n) is 1.66. The molecule has 0 aliphatic rings. The van der Waals surface area contributed by atoms with Gasteiger partial charge in [0.05, 0.1) is 12.0 Å². The zero-order valence-corrected chi connectivity index (χ0v) is 11.9. The number of carbonyl (C=O) groups excluding carboxylic acids is 1. The van der Waals surface area contributed by atoms with Crippen molar-refractivity contribution >= 4 is 39.3 Å². The topological polar surface area (TPSA) is 76.1 Å². The molecule has 0 aromatic carbocycles. The molecule has 102 valence electrons. The van der Waals surface area contributed by atoms with Crippen molar-refractivity contribution in [2.45, 2.75) is 13.8 Å². The predicted octanol–water partition coefficient (Wildman–Crippen LogP) is 2.02. The van der Waals surface area contributed by atoms with Gasteiger partial charge in [0.25, 0.3) is 0 Å². The van der Waals surface area contributed by atoms with Gasteiger partial charge in [-0.3, -0.25) is 4.79 Å². The lowest BCUT2D eigenvalue weighted by molar-refractivity contribution is -0.140. The second-order valence-electron chi connectivity index (χ2n) is 3.88. The van der Waals surface area contributed by atoms with Gasteiger partial charge in [-0.15, -0.1) is 11.3 Å². The van der Waals surface area contributed by atoms with Gasteiger partial charge in [0.2, 0.25) is 5.95 Å². The Bertz CT molecular complexity index is 597. The van der Waals surface area contributed by atoms with Crippen molar-refractivity contribution in [1.29, 1.82) is 0 Å². The third kappa shape index (κ3) is 3.11.